The Morgan fingerprint density at radius 3 is 2.37 bits per heavy atom. The Hall–Kier alpha value is -2.56. The van der Waals surface area contributed by atoms with Crippen molar-refractivity contribution < 1.29 is 18.7 Å². The lowest BCUT2D eigenvalue weighted by Crippen LogP contribution is -2.41. The molecule has 7 nitrogen and oxygen atoms in total. The van der Waals surface area contributed by atoms with Crippen LogP contribution in [0.5, 0.6) is 5.75 Å². The minimum atomic E-state index is -0.508. The first-order valence-electron chi connectivity index (χ1n) is 9.38. The van der Waals surface area contributed by atoms with Gasteiger partial charge in [0.15, 0.2) is 5.96 Å². The quantitative estimate of drug-likeness (QED) is 0.272. The third-order valence-electron chi connectivity index (χ3n) is 3.86. The number of ether oxygens (including phenoxy) is 2. The highest BCUT2D eigenvalue weighted by Crippen LogP contribution is 2.13. The molecular weight excluding hydrogens is 502 g/mol. The van der Waals surface area contributed by atoms with Crippen molar-refractivity contribution in [2.75, 3.05) is 25.5 Å². The number of halogens is 2. The zero-order valence-electron chi connectivity index (χ0n) is 17.3. The molecule has 9 heteroatoms. The van der Waals surface area contributed by atoms with Crippen LogP contribution in [0, 0.1) is 5.82 Å². The van der Waals surface area contributed by atoms with Crippen LogP contribution in [0.2, 0.25) is 0 Å². The predicted molar refractivity (Wildman–Crippen MR) is 127 cm³/mol. The fraction of sp³-hybridized carbons (Fsp3) is 0.333. The molecule has 1 amide bonds. The van der Waals surface area contributed by atoms with Crippen molar-refractivity contribution in [3.8, 4) is 5.75 Å². The maximum absolute atomic E-state index is 13.0. The number of hydrogen-bond acceptors (Lipinski definition) is 4. The molecule has 3 N–H and O–H groups in total. The number of benzene rings is 2. The van der Waals surface area contributed by atoms with Crippen LogP contribution in [0.3, 0.4) is 0 Å². The van der Waals surface area contributed by atoms with Gasteiger partial charge in [0.05, 0.1) is 20.2 Å². The second-order valence-electron chi connectivity index (χ2n) is 6.27. The smallest absolute Gasteiger partial charge is 0.411 e. The summed E-state index contributed by atoms with van der Waals surface area (Å²) in [7, 11) is 1.32. The Kier molecular flexibility index (Phi) is 11.6. The van der Waals surface area contributed by atoms with Gasteiger partial charge in [0, 0.05) is 12.2 Å². The third kappa shape index (κ3) is 9.29. The fourth-order valence-corrected chi connectivity index (χ4v) is 2.40. The van der Waals surface area contributed by atoms with Gasteiger partial charge in [-0.05, 0) is 55.8 Å². The van der Waals surface area contributed by atoms with E-state index in [-0.39, 0.29) is 35.9 Å². The molecule has 0 bridgehead atoms. The van der Waals surface area contributed by atoms with Crippen molar-refractivity contribution in [3.05, 3.63) is 59.9 Å². The van der Waals surface area contributed by atoms with E-state index in [0.29, 0.717) is 30.5 Å². The summed E-state index contributed by atoms with van der Waals surface area (Å²) < 4.78 is 23.3. The Labute approximate surface area is 193 Å². The van der Waals surface area contributed by atoms with Crippen molar-refractivity contribution in [1.29, 1.82) is 0 Å². The normalized spacial score (nSPS) is 11.7. The molecule has 0 heterocycles. The number of nitrogens with one attached hydrogen (secondary N) is 3. The fourth-order valence-electron chi connectivity index (χ4n) is 2.40. The van der Waals surface area contributed by atoms with E-state index in [0.717, 1.165) is 12.1 Å². The van der Waals surface area contributed by atoms with Gasteiger partial charge < -0.3 is 20.1 Å². The molecule has 0 spiro atoms. The summed E-state index contributed by atoms with van der Waals surface area (Å²) in [6, 6.07) is 13.3. The minimum Gasteiger partial charge on any atom is -0.489 e. The van der Waals surface area contributed by atoms with Gasteiger partial charge in [-0.1, -0.05) is 12.1 Å². The standard InChI is InChI=1S/C21H27FN4O3.HI/c1-4-23-20(24-13-15(2)29-19-11-7-17(22)8-12-19)25-14-16-5-9-18(10-6-16)26-21(27)28-3;/h5-12,15H,4,13-14H2,1-3H3,(H,26,27)(H2,23,24,25);1H. The molecule has 1 unspecified atom stereocenters. The van der Waals surface area contributed by atoms with Crippen molar-refractivity contribution >= 4 is 41.7 Å². The summed E-state index contributed by atoms with van der Waals surface area (Å²) in [6.45, 7) is 5.64. The lowest BCUT2D eigenvalue weighted by atomic mass is 10.2. The maximum atomic E-state index is 13.0. The van der Waals surface area contributed by atoms with Crippen molar-refractivity contribution in [3.63, 3.8) is 0 Å². The van der Waals surface area contributed by atoms with Crippen LogP contribution >= 0.6 is 24.0 Å². The Bertz CT molecular complexity index is 801. The Morgan fingerprint density at radius 2 is 1.77 bits per heavy atom. The lowest BCUT2D eigenvalue weighted by Gasteiger charge is -2.17. The number of anilines is 1. The van der Waals surface area contributed by atoms with Crippen LogP contribution in [0.1, 0.15) is 19.4 Å². The molecule has 2 aromatic rings. The molecule has 0 saturated carbocycles. The molecule has 164 valence electrons. The van der Waals surface area contributed by atoms with Gasteiger partial charge in [0.25, 0.3) is 0 Å². The van der Waals surface area contributed by atoms with Gasteiger partial charge in [-0.15, -0.1) is 24.0 Å². The van der Waals surface area contributed by atoms with Crippen LogP contribution in [-0.2, 0) is 11.3 Å². The largest absolute Gasteiger partial charge is 0.489 e. The number of carbonyl (C=O) groups is 1. The average molecular weight is 530 g/mol. The zero-order chi connectivity index (χ0) is 21.1. The molecular formula is C21H28FIN4O3. The van der Waals surface area contributed by atoms with Crippen LogP contribution in [0.25, 0.3) is 0 Å². The highest BCUT2D eigenvalue weighted by atomic mass is 127. The molecule has 0 saturated heterocycles. The van der Waals surface area contributed by atoms with Gasteiger partial charge in [0.2, 0.25) is 0 Å². The molecule has 0 aliphatic rings. The highest BCUT2D eigenvalue weighted by molar-refractivity contribution is 14.0. The topological polar surface area (TPSA) is 84.0 Å². The summed E-state index contributed by atoms with van der Waals surface area (Å²) in [6.07, 6.45) is -0.639. The van der Waals surface area contributed by atoms with Gasteiger partial charge in [-0.3, -0.25) is 5.32 Å². The van der Waals surface area contributed by atoms with Crippen LogP contribution in [-0.4, -0.2) is 38.4 Å². The Balaban J connectivity index is 0.00000450. The van der Waals surface area contributed by atoms with E-state index in [9.17, 15) is 9.18 Å². The van der Waals surface area contributed by atoms with E-state index in [1.165, 1.54) is 19.2 Å². The van der Waals surface area contributed by atoms with Gasteiger partial charge in [0.1, 0.15) is 17.7 Å². The number of guanidine groups is 1. The molecule has 2 aromatic carbocycles. The number of nitrogens with zero attached hydrogens (tertiary/aromatic N) is 1. The van der Waals surface area contributed by atoms with Crippen molar-refractivity contribution in [1.82, 2.24) is 10.6 Å². The van der Waals surface area contributed by atoms with Crippen molar-refractivity contribution in [2.45, 2.75) is 26.5 Å². The number of rotatable bonds is 8. The number of amides is 1. The molecule has 30 heavy (non-hydrogen) atoms. The van der Waals surface area contributed by atoms with Crippen LogP contribution in [0.4, 0.5) is 14.9 Å². The van der Waals surface area contributed by atoms with Gasteiger partial charge in [-0.25, -0.2) is 14.2 Å². The third-order valence-corrected chi connectivity index (χ3v) is 3.86. The molecule has 2 rings (SSSR count). The second kappa shape index (κ2) is 13.6. The summed E-state index contributed by atoms with van der Waals surface area (Å²) >= 11 is 0. The number of aliphatic imine (C=N–C) groups is 1. The number of hydrogen-bond donors (Lipinski definition) is 3. The van der Waals surface area contributed by atoms with Crippen LogP contribution < -0.4 is 20.7 Å². The molecule has 0 radical (unpaired) electrons. The first kappa shape index (κ1) is 25.5. The summed E-state index contributed by atoms with van der Waals surface area (Å²) in [4.78, 5) is 15.8. The number of carbonyl (C=O) groups excluding carboxylic acids is 1. The average Bonchev–Trinajstić information content (AvgIpc) is 2.72. The molecule has 1 atom stereocenters. The SMILES string of the molecule is CCNC(=NCc1ccc(NC(=O)OC)cc1)NCC(C)Oc1ccc(F)cc1.I. The lowest BCUT2D eigenvalue weighted by molar-refractivity contribution is 0.187. The molecule has 0 fully saturated rings. The minimum absolute atomic E-state index is 0. The monoisotopic (exact) mass is 530 g/mol. The van der Waals surface area contributed by atoms with Crippen molar-refractivity contribution in [2.24, 2.45) is 4.99 Å². The highest BCUT2D eigenvalue weighted by Gasteiger charge is 2.06. The number of methoxy groups -OCH3 is 1. The first-order valence-corrected chi connectivity index (χ1v) is 9.38. The van der Waals surface area contributed by atoms with E-state index in [1.54, 1.807) is 24.3 Å². The Morgan fingerprint density at radius 1 is 1.10 bits per heavy atom. The van der Waals surface area contributed by atoms with E-state index in [2.05, 4.69) is 25.7 Å². The summed E-state index contributed by atoms with van der Waals surface area (Å²) in [5.41, 5.74) is 1.65. The molecule has 0 aliphatic carbocycles. The van der Waals surface area contributed by atoms with E-state index >= 15 is 0 Å². The summed E-state index contributed by atoms with van der Waals surface area (Å²) in [5.74, 6) is 0.987. The first-order chi connectivity index (χ1) is 14.0. The van der Waals surface area contributed by atoms with Gasteiger partial charge >= 0.3 is 6.09 Å². The van der Waals surface area contributed by atoms with Gasteiger partial charge in [-0.2, -0.15) is 0 Å². The summed E-state index contributed by atoms with van der Waals surface area (Å²) in [5, 5.41) is 9.02. The zero-order valence-corrected chi connectivity index (χ0v) is 19.6. The maximum Gasteiger partial charge on any atom is 0.411 e. The molecule has 0 aromatic heterocycles. The molecule has 0 aliphatic heterocycles. The van der Waals surface area contributed by atoms with E-state index < -0.39 is 6.09 Å². The van der Waals surface area contributed by atoms with E-state index in [4.69, 9.17) is 4.74 Å². The van der Waals surface area contributed by atoms with E-state index in [1.807, 2.05) is 26.0 Å². The second-order valence-corrected chi connectivity index (χ2v) is 6.27. The predicted octanol–water partition coefficient (Wildman–Crippen LogP) is 4.14. The van der Waals surface area contributed by atoms with Crippen LogP contribution in [0.15, 0.2) is 53.5 Å².